The van der Waals surface area contributed by atoms with E-state index in [-0.39, 0.29) is 5.91 Å². The fourth-order valence-electron chi connectivity index (χ4n) is 3.14. The van der Waals surface area contributed by atoms with Crippen molar-refractivity contribution in [2.24, 2.45) is 0 Å². The Morgan fingerprint density at radius 3 is 2.43 bits per heavy atom. The minimum atomic E-state index is -0.178. The normalized spacial score (nSPS) is 13.6. The molecule has 1 aliphatic heterocycles. The van der Waals surface area contributed by atoms with Gasteiger partial charge in [-0.1, -0.05) is 0 Å². The Morgan fingerprint density at radius 1 is 1.03 bits per heavy atom. The van der Waals surface area contributed by atoms with Crippen molar-refractivity contribution in [1.82, 2.24) is 10.2 Å². The zero-order chi connectivity index (χ0) is 20.8. The lowest BCUT2D eigenvalue weighted by atomic mass is 10.2. The first-order valence-electron chi connectivity index (χ1n) is 9.69. The fraction of sp³-hybridized carbons (Fsp3) is 0.227. The number of hydrogen-bond donors (Lipinski definition) is 2. The molecule has 2 heterocycles. The second-order valence-electron chi connectivity index (χ2n) is 6.78. The van der Waals surface area contributed by atoms with Crippen LogP contribution < -0.4 is 20.3 Å². The van der Waals surface area contributed by atoms with Crippen LogP contribution in [0, 0.1) is 0 Å². The fourth-order valence-corrected chi connectivity index (χ4v) is 3.14. The third kappa shape index (κ3) is 4.84. The van der Waals surface area contributed by atoms with Crippen LogP contribution in [0.4, 0.5) is 22.9 Å². The lowest BCUT2D eigenvalue weighted by molar-refractivity contribution is 0.102. The van der Waals surface area contributed by atoms with Gasteiger partial charge in [-0.05, 0) is 48.5 Å². The molecule has 0 bridgehead atoms. The number of benzene rings is 2. The van der Waals surface area contributed by atoms with E-state index in [1.54, 1.807) is 37.6 Å². The lowest BCUT2D eigenvalue weighted by Gasteiger charge is -2.28. The summed E-state index contributed by atoms with van der Waals surface area (Å²) in [6.07, 6.45) is 1.76. The van der Waals surface area contributed by atoms with E-state index in [1.165, 1.54) is 0 Å². The Labute approximate surface area is 174 Å². The van der Waals surface area contributed by atoms with Crippen LogP contribution in [-0.2, 0) is 4.74 Å². The average molecular weight is 405 g/mol. The van der Waals surface area contributed by atoms with Crippen LogP contribution >= 0.6 is 0 Å². The number of aromatic nitrogens is 2. The van der Waals surface area contributed by atoms with Crippen molar-refractivity contribution in [2.45, 2.75) is 0 Å². The third-order valence-corrected chi connectivity index (χ3v) is 4.78. The van der Waals surface area contributed by atoms with Gasteiger partial charge in [-0.25, -0.2) is 0 Å². The standard InChI is InChI=1S/C22H23N5O3/c1-29-20-8-2-16(3-9-20)22(28)25-18-6-4-17(5-7-18)24-21-14-19(15-23-26-21)27-10-12-30-13-11-27/h2-9,14-15H,10-13H2,1H3,(H,24,26)(H,25,28). The summed E-state index contributed by atoms with van der Waals surface area (Å²) >= 11 is 0. The average Bonchev–Trinajstić information content (AvgIpc) is 2.81. The summed E-state index contributed by atoms with van der Waals surface area (Å²) in [5, 5.41) is 14.4. The molecular formula is C22H23N5O3. The highest BCUT2D eigenvalue weighted by Gasteiger charge is 2.12. The number of hydrogen-bond acceptors (Lipinski definition) is 7. The summed E-state index contributed by atoms with van der Waals surface area (Å²) in [6.45, 7) is 3.12. The van der Waals surface area contributed by atoms with Crippen molar-refractivity contribution >= 4 is 28.8 Å². The number of ether oxygens (including phenoxy) is 2. The number of morpholine rings is 1. The Bertz CT molecular complexity index is 986. The Balaban J connectivity index is 1.38. The molecule has 1 amide bonds. The number of amides is 1. The largest absolute Gasteiger partial charge is 0.497 e. The summed E-state index contributed by atoms with van der Waals surface area (Å²) in [7, 11) is 1.59. The molecule has 30 heavy (non-hydrogen) atoms. The molecule has 0 saturated carbocycles. The molecule has 0 radical (unpaired) electrons. The van der Waals surface area contributed by atoms with E-state index >= 15 is 0 Å². The molecule has 154 valence electrons. The van der Waals surface area contributed by atoms with Crippen molar-refractivity contribution in [3.63, 3.8) is 0 Å². The smallest absolute Gasteiger partial charge is 0.255 e. The number of carbonyl (C=O) groups excluding carboxylic acids is 1. The minimum Gasteiger partial charge on any atom is -0.497 e. The number of carbonyl (C=O) groups is 1. The van der Waals surface area contributed by atoms with Crippen LogP contribution in [0.25, 0.3) is 0 Å². The van der Waals surface area contributed by atoms with Crippen LogP contribution in [0.1, 0.15) is 10.4 Å². The molecule has 0 unspecified atom stereocenters. The van der Waals surface area contributed by atoms with Gasteiger partial charge in [0.2, 0.25) is 0 Å². The number of methoxy groups -OCH3 is 1. The Morgan fingerprint density at radius 2 is 1.73 bits per heavy atom. The molecule has 1 aliphatic rings. The quantitative estimate of drug-likeness (QED) is 0.650. The molecule has 2 N–H and O–H groups in total. The maximum atomic E-state index is 12.4. The van der Waals surface area contributed by atoms with Gasteiger partial charge in [0.25, 0.3) is 5.91 Å². The monoisotopic (exact) mass is 405 g/mol. The van der Waals surface area contributed by atoms with Gasteiger partial charge in [0.05, 0.1) is 32.2 Å². The Hall–Kier alpha value is -3.65. The lowest BCUT2D eigenvalue weighted by Crippen LogP contribution is -2.36. The molecule has 0 aliphatic carbocycles. The number of anilines is 4. The van der Waals surface area contributed by atoms with Gasteiger partial charge < -0.3 is 25.0 Å². The summed E-state index contributed by atoms with van der Waals surface area (Å²) in [5.41, 5.74) is 3.13. The summed E-state index contributed by atoms with van der Waals surface area (Å²) in [6, 6.07) is 16.4. The maximum absolute atomic E-state index is 12.4. The number of rotatable bonds is 6. The molecule has 2 aromatic carbocycles. The van der Waals surface area contributed by atoms with Gasteiger partial charge in [-0.2, -0.15) is 5.10 Å². The molecule has 8 nitrogen and oxygen atoms in total. The van der Waals surface area contributed by atoms with Crippen LogP contribution in [-0.4, -0.2) is 49.5 Å². The second-order valence-corrected chi connectivity index (χ2v) is 6.78. The molecule has 1 saturated heterocycles. The van der Waals surface area contributed by atoms with Gasteiger partial charge in [-0.15, -0.1) is 5.10 Å². The van der Waals surface area contributed by atoms with E-state index < -0.39 is 0 Å². The SMILES string of the molecule is COc1ccc(C(=O)Nc2ccc(Nc3cc(N4CCOCC4)cnn3)cc2)cc1. The van der Waals surface area contributed by atoms with Crippen LogP contribution in [0.3, 0.4) is 0 Å². The number of nitrogens with zero attached hydrogens (tertiary/aromatic N) is 3. The van der Waals surface area contributed by atoms with Gasteiger partial charge in [-0.3, -0.25) is 4.79 Å². The summed E-state index contributed by atoms with van der Waals surface area (Å²) in [4.78, 5) is 14.6. The molecule has 1 aromatic heterocycles. The topological polar surface area (TPSA) is 88.6 Å². The zero-order valence-electron chi connectivity index (χ0n) is 16.7. The van der Waals surface area contributed by atoms with Crippen LogP contribution in [0.2, 0.25) is 0 Å². The van der Waals surface area contributed by atoms with Crippen molar-refractivity contribution in [3.05, 3.63) is 66.4 Å². The van der Waals surface area contributed by atoms with Crippen molar-refractivity contribution in [1.29, 1.82) is 0 Å². The second kappa shape index (κ2) is 9.23. The maximum Gasteiger partial charge on any atom is 0.255 e. The molecular weight excluding hydrogens is 382 g/mol. The van der Waals surface area contributed by atoms with E-state index in [9.17, 15) is 4.79 Å². The van der Waals surface area contributed by atoms with Gasteiger partial charge >= 0.3 is 0 Å². The third-order valence-electron chi connectivity index (χ3n) is 4.78. The van der Waals surface area contributed by atoms with Crippen molar-refractivity contribution in [3.8, 4) is 5.75 Å². The summed E-state index contributed by atoms with van der Waals surface area (Å²) in [5.74, 6) is 1.19. The summed E-state index contributed by atoms with van der Waals surface area (Å²) < 4.78 is 10.5. The van der Waals surface area contributed by atoms with E-state index in [1.807, 2.05) is 30.3 Å². The Kier molecular flexibility index (Phi) is 6.05. The molecule has 0 atom stereocenters. The highest BCUT2D eigenvalue weighted by atomic mass is 16.5. The van der Waals surface area contributed by atoms with Crippen LogP contribution in [0.5, 0.6) is 5.75 Å². The first-order valence-corrected chi connectivity index (χ1v) is 9.69. The molecule has 4 rings (SSSR count). The predicted octanol–water partition coefficient (Wildman–Crippen LogP) is 3.32. The molecule has 1 fully saturated rings. The van der Waals surface area contributed by atoms with E-state index in [0.29, 0.717) is 22.8 Å². The van der Waals surface area contributed by atoms with Crippen molar-refractivity contribution < 1.29 is 14.3 Å². The van der Waals surface area contributed by atoms with E-state index in [4.69, 9.17) is 9.47 Å². The van der Waals surface area contributed by atoms with E-state index in [2.05, 4.69) is 25.7 Å². The minimum absolute atomic E-state index is 0.178. The van der Waals surface area contributed by atoms with Gasteiger partial charge in [0, 0.05) is 36.1 Å². The predicted molar refractivity (Wildman–Crippen MR) is 116 cm³/mol. The molecule has 3 aromatic rings. The van der Waals surface area contributed by atoms with E-state index in [0.717, 1.165) is 37.7 Å². The number of nitrogens with one attached hydrogen (secondary N) is 2. The zero-order valence-corrected chi connectivity index (χ0v) is 16.7. The van der Waals surface area contributed by atoms with Gasteiger partial charge in [0.15, 0.2) is 5.82 Å². The first kappa shape index (κ1) is 19.7. The highest BCUT2D eigenvalue weighted by molar-refractivity contribution is 6.04. The first-order chi connectivity index (χ1) is 14.7. The molecule has 0 spiro atoms. The van der Waals surface area contributed by atoms with Crippen molar-refractivity contribution in [2.75, 3.05) is 48.9 Å². The highest BCUT2D eigenvalue weighted by Crippen LogP contribution is 2.22. The van der Waals surface area contributed by atoms with Gasteiger partial charge in [0.1, 0.15) is 5.75 Å². The van der Waals surface area contributed by atoms with Crippen LogP contribution in [0.15, 0.2) is 60.8 Å². The molecule has 8 heteroatoms.